The van der Waals surface area contributed by atoms with Crippen LogP contribution < -0.4 is 10.2 Å². The molecule has 5 nitrogen and oxygen atoms in total. The lowest BCUT2D eigenvalue weighted by atomic mass is 10.5. The summed E-state index contributed by atoms with van der Waals surface area (Å²) in [5.41, 5.74) is -0.550. The van der Waals surface area contributed by atoms with Gasteiger partial charge in [0.2, 0.25) is 15.5 Å². The molecule has 2 aromatic rings. The van der Waals surface area contributed by atoms with E-state index in [0.29, 0.717) is 4.34 Å². The van der Waals surface area contributed by atoms with E-state index in [-0.39, 0.29) is 11.4 Å². The topological polar surface area (TPSA) is 79.0 Å². The lowest BCUT2D eigenvalue weighted by Gasteiger charge is -2.04. The Morgan fingerprint density at radius 2 is 2.11 bits per heavy atom. The Labute approximate surface area is 112 Å². The highest BCUT2D eigenvalue weighted by molar-refractivity contribution is 7.89. The molecule has 0 radical (unpaired) electrons. The number of H-pyrrole nitrogens is 1. The molecule has 0 fully saturated rings. The standard InChI is InChI=1S/C10H9ClN2O3S2/c11-10-2-1-7(17-10)5-13-18(15,16)9-6-12-4-3-8(9)14/h1-4,6,13H,5H2,(H,12,14). The van der Waals surface area contributed by atoms with Crippen molar-refractivity contribution in [2.45, 2.75) is 11.4 Å². The third kappa shape index (κ3) is 2.99. The van der Waals surface area contributed by atoms with Crippen LogP contribution in [-0.2, 0) is 16.6 Å². The molecule has 96 valence electrons. The first-order valence-electron chi connectivity index (χ1n) is 4.90. The Hall–Kier alpha value is -1.15. The number of rotatable bonds is 4. The molecule has 2 N–H and O–H groups in total. The van der Waals surface area contributed by atoms with Crippen LogP contribution in [-0.4, -0.2) is 13.4 Å². The van der Waals surface area contributed by atoms with Crippen LogP contribution in [0.4, 0.5) is 0 Å². The Morgan fingerprint density at radius 1 is 1.33 bits per heavy atom. The van der Waals surface area contributed by atoms with Crippen molar-refractivity contribution in [3.63, 3.8) is 0 Å². The van der Waals surface area contributed by atoms with Gasteiger partial charge in [0.25, 0.3) is 0 Å². The fourth-order valence-electron chi connectivity index (χ4n) is 1.30. The van der Waals surface area contributed by atoms with Gasteiger partial charge >= 0.3 is 0 Å². The molecule has 0 unspecified atom stereocenters. The van der Waals surface area contributed by atoms with Gasteiger partial charge in [0.15, 0.2) is 0 Å². The molecule has 2 aromatic heterocycles. The number of pyridine rings is 1. The minimum absolute atomic E-state index is 0.105. The number of sulfonamides is 1. The van der Waals surface area contributed by atoms with Crippen LogP contribution in [0.5, 0.6) is 0 Å². The smallest absolute Gasteiger partial charge is 0.246 e. The Morgan fingerprint density at radius 3 is 2.72 bits per heavy atom. The van der Waals surface area contributed by atoms with Gasteiger partial charge in [-0.25, -0.2) is 13.1 Å². The van der Waals surface area contributed by atoms with Gasteiger partial charge in [-0.15, -0.1) is 11.3 Å². The van der Waals surface area contributed by atoms with Crippen molar-refractivity contribution in [3.8, 4) is 0 Å². The fourth-order valence-corrected chi connectivity index (χ4v) is 3.48. The second-order valence-electron chi connectivity index (χ2n) is 3.40. The van der Waals surface area contributed by atoms with Gasteiger partial charge in [-0.05, 0) is 12.1 Å². The summed E-state index contributed by atoms with van der Waals surface area (Å²) in [6, 6.07) is 4.58. The molecule has 0 atom stereocenters. The summed E-state index contributed by atoms with van der Waals surface area (Å²) in [4.78, 5) is 14.5. The predicted octanol–water partition coefficient (Wildman–Crippen LogP) is 1.57. The molecule has 0 aliphatic rings. The summed E-state index contributed by atoms with van der Waals surface area (Å²) in [6.45, 7) is 0.105. The minimum atomic E-state index is -3.81. The zero-order chi connectivity index (χ0) is 13.2. The second kappa shape index (κ2) is 5.23. The maximum atomic E-state index is 11.9. The molecular formula is C10H9ClN2O3S2. The molecule has 0 aliphatic carbocycles. The normalized spacial score (nSPS) is 11.6. The quantitative estimate of drug-likeness (QED) is 0.900. The van der Waals surface area contributed by atoms with Gasteiger partial charge in [0.1, 0.15) is 4.90 Å². The van der Waals surface area contributed by atoms with Crippen molar-refractivity contribution in [2.24, 2.45) is 0 Å². The highest BCUT2D eigenvalue weighted by Gasteiger charge is 2.17. The van der Waals surface area contributed by atoms with Crippen LogP contribution in [0.3, 0.4) is 0 Å². The van der Waals surface area contributed by atoms with Crippen LogP contribution in [0, 0.1) is 0 Å². The van der Waals surface area contributed by atoms with Gasteiger partial charge in [-0.2, -0.15) is 0 Å². The van der Waals surface area contributed by atoms with Gasteiger partial charge < -0.3 is 4.98 Å². The van der Waals surface area contributed by atoms with Crippen molar-refractivity contribution in [2.75, 3.05) is 0 Å². The van der Waals surface area contributed by atoms with Crippen molar-refractivity contribution in [1.29, 1.82) is 0 Å². The summed E-state index contributed by atoms with van der Waals surface area (Å²) in [5, 5.41) is 0. The molecular weight excluding hydrogens is 296 g/mol. The number of hydrogen-bond acceptors (Lipinski definition) is 4. The third-order valence-electron chi connectivity index (χ3n) is 2.14. The van der Waals surface area contributed by atoms with E-state index < -0.39 is 15.5 Å². The number of nitrogens with one attached hydrogen (secondary N) is 2. The van der Waals surface area contributed by atoms with E-state index in [2.05, 4.69) is 9.71 Å². The Kier molecular flexibility index (Phi) is 3.86. The average molecular weight is 305 g/mol. The third-order valence-corrected chi connectivity index (χ3v) is 4.80. The summed E-state index contributed by atoms with van der Waals surface area (Å²) >= 11 is 7.02. The molecule has 0 amide bonds. The lowest BCUT2D eigenvalue weighted by Crippen LogP contribution is -2.27. The molecule has 0 spiro atoms. The summed E-state index contributed by atoms with van der Waals surface area (Å²) < 4.78 is 26.7. The van der Waals surface area contributed by atoms with E-state index in [4.69, 9.17) is 11.6 Å². The highest BCUT2D eigenvalue weighted by Crippen LogP contribution is 2.21. The van der Waals surface area contributed by atoms with Crippen LogP contribution in [0.2, 0.25) is 4.34 Å². The highest BCUT2D eigenvalue weighted by atomic mass is 35.5. The average Bonchev–Trinajstić information content (AvgIpc) is 2.73. The van der Waals surface area contributed by atoms with Crippen LogP contribution in [0.15, 0.2) is 40.3 Å². The lowest BCUT2D eigenvalue weighted by molar-refractivity contribution is 0.580. The fraction of sp³-hybridized carbons (Fsp3) is 0.100. The van der Waals surface area contributed by atoms with E-state index in [1.54, 1.807) is 12.1 Å². The number of aromatic amines is 1. The Bertz CT molecular complexity index is 706. The van der Waals surface area contributed by atoms with E-state index in [9.17, 15) is 13.2 Å². The van der Waals surface area contributed by atoms with E-state index in [1.165, 1.54) is 17.5 Å². The largest absolute Gasteiger partial charge is 0.366 e. The van der Waals surface area contributed by atoms with Crippen molar-refractivity contribution in [3.05, 3.63) is 50.0 Å². The summed E-state index contributed by atoms with van der Waals surface area (Å²) in [5.74, 6) is 0. The molecule has 0 saturated heterocycles. The number of aromatic nitrogens is 1. The summed E-state index contributed by atoms with van der Waals surface area (Å²) in [7, 11) is -3.81. The minimum Gasteiger partial charge on any atom is -0.366 e. The maximum absolute atomic E-state index is 11.9. The van der Waals surface area contributed by atoms with E-state index >= 15 is 0 Å². The van der Waals surface area contributed by atoms with Gasteiger partial charge in [0.05, 0.1) is 4.34 Å². The number of thiophene rings is 1. The Balaban J connectivity index is 2.18. The first kappa shape index (κ1) is 13.3. The van der Waals surface area contributed by atoms with Crippen LogP contribution in [0.25, 0.3) is 0 Å². The summed E-state index contributed by atoms with van der Waals surface area (Å²) in [6.07, 6.45) is 2.53. The molecule has 0 aliphatic heterocycles. The number of halogens is 1. The molecule has 8 heteroatoms. The monoisotopic (exact) mass is 304 g/mol. The zero-order valence-corrected chi connectivity index (χ0v) is 11.4. The SMILES string of the molecule is O=c1cc[nH]cc1S(=O)(=O)NCc1ccc(Cl)s1. The molecule has 0 saturated carbocycles. The van der Waals surface area contributed by atoms with E-state index in [1.807, 2.05) is 0 Å². The molecule has 2 rings (SSSR count). The molecule has 0 bridgehead atoms. The molecule has 0 aromatic carbocycles. The molecule has 2 heterocycles. The predicted molar refractivity (Wildman–Crippen MR) is 70.4 cm³/mol. The second-order valence-corrected chi connectivity index (χ2v) is 6.94. The maximum Gasteiger partial charge on any atom is 0.246 e. The van der Waals surface area contributed by atoms with Crippen molar-refractivity contribution in [1.82, 2.24) is 9.71 Å². The van der Waals surface area contributed by atoms with Gasteiger partial charge in [0, 0.05) is 29.9 Å². The number of hydrogen-bond donors (Lipinski definition) is 2. The first-order chi connectivity index (χ1) is 8.49. The van der Waals surface area contributed by atoms with Gasteiger partial charge in [-0.1, -0.05) is 11.6 Å². The van der Waals surface area contributed by atoms with Crippen LogP contribution >= 0.6 is 22.9 Å². The van der Waals surface area contributed by atoms with Crippen LogP contribution in [0.1, 0.15) is 4.88 Å². The molecule has 18 heavy (non-hydrogen) atoms. The van der Waals surface area contributed by atoms with E-state index in [0.717, 1.165) is 17.1 Å². The van der Waals surface area contributed by atoms with Crippen molar-refractivity contribution >= 4 is 33.0 Å². The first-order valence-corrected chi connectivity index (χ1v) is 7.58. The zero-order valence-electron chi connectivity index (χ0n) is 9.01. The van der Waals surface area contributed by atoms with Gasteiger partial charge in [-0.3, -0.25) is 4.79 Å². The van der Waals surface area contributed by atoms with Crippen molar-refractivity contribution < 1.29 is 8.42 Å².